The highest BCUT2D eigenvalue weighted by Gasteiger charge is 2.06. The van der Waals surface area contributed by atoms with Crippen molar-refractivity contribution in [2.45, 2.75) is 32.9 Å². The van der Waals surface area contributed by atoms with E-state index in [9.17, 15) is 9.59 Å². The van der Waals surface area contributed by atoms with Crippen LogP contribution < -0.4 is 10.2 Å². The second-order valence-corrected chi connectivity index (χ2v) is 6.50. The Hall–Kier alpha value is -2.41. The molecule has 6 nitrogen and oxygen atoms in total. The van der Waals surface area contributed by atoms with Crippen LogP contribution in [0.1, 0.15) is 18.5 Å². The largest absolute Gasteiger partial charge is 0.356 e. The molecule has 2 aromatic heterocycles. The number of carbonyl (C=O) groups is 1. The Morgan fingerprint density at radius 3 is 2.92 bits per heavy atom. The molecule has 1 N–H and O–H groups in total. The number of hydrogen-bond donors (Lipinski definition) is 1. The fraction of sp³-hybridized carbons (Fsp3) is 0.353. The summed E-state index contributed by atoms with van der Waals surface area (Å²) in [6.45, 7) is 3.74. The summed E-state index contributed by atoms with van der Waals surface area (Å²) >= 11 is 1.17. The Labute approximate surface area is 143 Å². The van der Waals surface area contributed by atoms with Crippen molar-refractivity contribution >= 4 is 28.3 Å². The third-order valence-electron chi connectivity index (χ3n) is 3.96. The summed E-state index contributed by atoms with van der Waals surface area (Å²) in [5.74, 6) is -0.0250. The summed E-state index contributed by atoms with van der Waals surface area (Å²) in [6.07, 6.45) is 2.99. The van der Waals surface area contributed by atoms with E-state index in [1.807, 2.05) is 42.9 Å². The fourth-order valence-corrected chi connectivity index (χ4v) is 3.40. The number of thiazole rings is 1. The van der Waals surface area contributed by atoms with E-state index in [1.165, 1.54) is 11.3 Å². The molecule has 0 bridgehead atoms. The lowest BCUT2D eigenvalue weighted by molar-refractivity contribution is -0.121. The van der Waals surface area contributed by atoms with E-state index in [1.54, 1.807) is 4.57 Å². The van der Waals surface area contributed by atoms with Gasteiger partial charge < -0.3 is 14.5 Å². The maximum Gasteiger partial charge on any atom is 0.307 e. The molecule has 2 heterocycles. The average Bonchev–Trinajstić information content (AvgIpc) is 3.14. The van der Waals surface area contributed by atoms with Crippen molar-refractivity contribution in [3.63, 3.8) is 0 Å². The zero-order valence-corrected chi connectivity index (χ0v) is 14.4. The average molecular weight is 344 g/mol. The molecular weight excluding hydrogens is 324 g/mol. The van der Waals surface area contributed by atoms with Crippen LogP contribution in [0.25, 0.3) is 11.0 Å². The number of para-hydroxylation sites is 2. The summed E-state index contributed by atoms with van der Waals surface area (Å²) in [5, 5.41) is 4.73. The summed E-state index contributed by atoms with van der Waals surface area (Å²) in [6, 6.07) is 8.00. The maximum atomic E-state index is 11.9. The molecule has 0 radical (unpaired) electrons. The first-order valence-electron chi connectivity index (χ1n) is 7.96. The Balaban J connectivity index is 1.42. The maximum absolute atomic E-state index is 11.9. The molecular formula is C17H20N4O2S. The molecule has 0 fully saturated rings. The Morgan fingerprint density at radius 2 is 2.12 bits per heavy atom. The number of aryl methyl sites for hydroxylation is 2. The topological polar surface area (TPSA) is 68.9 Å². The number of aromatic nitrogens is 3. The van der Waals surface area contributed by atoms with Crippen LogP contribution in [0.5, 0.6) is 0 Å². The minimum atomic E-state index is -0.0250. The van der Waals surface area contributed by atoms with E-state index >= 15 is 0 Å². The molecule has 3 rings (SSSR count). The van der Waals surface area contributed by atoms with Crippen LogP contribution in [0.4, 0.5) is 0 Å². The van der Waals surface area contributed by atoms with Crippen molar-refractivity contribution in [2.24, 2.45) is 0 Å². The lowest BCUT2D eigenvalue weighted by Crippen LogP contribution is -2.27. The molecule has 3 aromatic rings. The first kappa shape index (κ1) is 16.4. The van der Waals surface area contributed by atoms with E-state index in [-0.39, 0.29) is 10.8 Å². The molecule has 126 valence electrons. The molecule has 0 saturated carbocycles. The van der Waals surface area contributed by atoms with E-state index in [0.29, 0.717) is 19.5 Å². The van der Waals surface area contributed by atoms with Crippen LogP contribution in [0.3, 0.4) is 0 Å². The van der Waals surface area contributed by atoms with E-state index in [2.05, 4.69) is 14.9 Å². The number of amides is 1. The third-order valence-corrected chi connectivity index (χ3v) is 4.85. The van der Waals surface area contributed by atoms with Gasteiger partial charge in [-0.05, 0) is 25.5 Å². The number of hydrogen-bond acceptors (Lipinski definition) is 4. The van der Waals surface area contributed by atoms with Crippen LogP contribution in [-0.2, 0) is 17.9 Å². The number of imidazole rings is 1. The van der Waals surface area contributed by atoms with Crippen molar-refractivity contribution in [3.8, 4) is 0 Å². The number of fused-ring (bicyclic) bond motifs is 1. The summed E-state index contributed by atoms with van der Waals surface area (Å²) in [4.78, 5) is 27.8. The first-order chi connectivity index (χ1) is 11.6. The number of benzene rings is 1. The van der Waals surface area contributed by atoms with Gasteiger partial charge in [-0.25, -0.2) is 4.98 Å². The van der Waals surface area contributed by atoms with Crippen molar-refractivity contribution in [3.05, 3.63) is 51.3 Å². The molecule has 7 heteroatoms. The van der Waals surface area contributed by atoms with E-state index in [4.69, 9.17) is 0 Å². The van der Waals surface area contributed by atoms with Crippen molar-refractivity contribution in [2.75, 3.05) is 6.54 Å². The molecule has 0 aliphatic heterocycles. The molecule has 0 spiro atoms. The molecule has 0 aliphatic carbocycles. The molecule has 1 aromatic carbocycles. The SMILES string of the molecule is Cc1csc(=O)n1CCC(=O)NCCCn1cnc2ccccc21. The lowest BCUT2D eigenvalue weighted by Gasteiger charge is -2.07. The molecule has 0 saturated heterocycles. The van der Waals surface area contributed by atoms with Gasteiger partial charge in [-0.15, -0.1) is 0 Å². The molecule has 0 atom stereocenters. The Morgan fingerprint density at radius 1 is 1.29 bits per heavy atom. The quantitative estimate of drug-likeness (QED) is 0.668. The van der Waals surface area contributed by atoms with Crippen molar-refractivity contribution in [1.82, 2.24) is 19.4 Å². The zero-order valence-electron chi connectivity index (χ0n) is 13.6. The smallest absolute Gasteiger partial charge is 0.307 e. The highest BCUT2D eigenvalue weighted by Crippen LogP contribution is 2.11. The molecule has 0 unspecified atom stereocenters. The van der Waals surface area contributed by atoms with Crippen molar-refractivity contribution < 1.29 is 4.79 Å². The second-order valence-electron chi connectivity index (χ2n) is 5.67. The number of rotatable bonds is 7. The molecule has 0 aliphatic rings. The third kappa shape index (κ3) is 3.73. The van der Waals surface area contributed by atoms with Gasteiger partial charge in [0, 0.05) is 37.1 Å². The van der Waals surface area contributed by atoms with Crippen LogP contribution in [0, 0.1) is 6.92 Å². The van der Waals surface area contributed by atoms with Gasteiger partial charge in [0.15, 0.2) is 0 Å². The zero-order chi connectivity index (χ0) is 16.9. The highest BCUT2D eigenvalue weighted by atomic mass is 32.1. The van der Waals surface area contributed by atoms with Gasteiger partial charge in [0.1, 0.15) is 0 Å². The Bertz CT molecular complexity index is 893. The van der Waals surface area contributed by atoms with Crippen molar-refractivity contribution in [1.29, 1.82) is 0 Å². The highest BCUT2D eigenvalue weighted by molar-refractivity contribution is 7.07. The number of nitrogens with one attached hydrogen (secondary N) is 1. The van der Waals surface area contributed by atoms with Gasteiger partial charge in [-0.2, -0.15) is 0 Å². The van der Waals surface area contributed by atoms with Crippen LogP contribution in [0.15, 0.2) is 40.8 Å². The number of nitrogens with zero attached hydrogens (tertiary/aromatic N) is 3. The van der Waals surface area contributed by atoms with Crippen LogP contribution in [0.2, 0.25) is 0 Å². The monoisotopic (exact) mass is 344 g/mol. The molecule has 1 amide bonds. The predicted octanol–water partition coefficient (Wildman–Crippen LogP) is 2.16. The Kier molecular flexibility index (Phi) is 5.10. The van der Waals surface area contributed by atoms with Gasteiger partial charge in [0.05, 0.1) is 17.4 Å². The van der Waals surface area contributed by atoms with E-state index in [0.717, 1.165) is 29.7 Å². The minimum absolute atomic E-state index is 0.00714. The minimum Gasteiger partial charge on any atom is -0.356 e. The standard InChI is InChI=1S/C17H20N4O2S/c1-13-11-24-17(23)21(13)10-7-16(22)18-8-4-9-20-12-19-14-5-2-3-6-15(14)20/h2-3,5-6,11-12H,4,7-10H2,1H3,(H,18,22). The predicted molar refractivity (Wildman–Crippen MR) is 95.3 cm³/mol. The van der Waals surface area contributed by atoms with Gasteiger partial charge in [-0.1, -0.05) is 23.5 Å². The van der Waals surface area contributed by atoms with E-state index < -0.39 is 0 Å². The van der Waals surface area contributed by atoms with Crippen LogP contribution >= 0.6 is 11.3 Å². The normalized spacial score (nSPS) is 11.0. The fourth-order valence-electron chi connectivity index (χ4n) is 2.64. The second kappa shape index (κ2) is 7.44. The van der Waals surface area contributed by atoms with Gasteiger partial charge in [0.25, 0.3) is 0 Å². The first-order valence-corrected chi connectivity index (χ1v) is 8.84. The molecule has 24 heavy (non-hydrogen) atoms. The van der Waals surface area contributed by atoms with Gasteiger partial charge in [-0.3, -0.25) is 9.59 Å². The summed E-state index contributed by atoms with van der Waals surface area (Å²) < 4.78 is 3.73. The number of carbonyl (C=O) groups excluding carboxylic acids is 1. The lowest BCUT2D eigenvalue weighted by atomic mass is 10.3. The summed E-state index contributed by atoms with van der Waals surface area (Å²) in [7, 11) is 0. The van der Waals surface area contributed by atoms with Crippen LogP contribution in [-0.4, -0.2) is 26.6 Å². The summed E-state index contributed by atoms with van der Waals surface area (Å²) in [5.41, 5.74) is 3.00. The van der Waals surface area contributed by atoms with Gasteiger partial charge >= 0.3 is 4.87 Å². The van der Waals surface area contributed by atoms with Gasteiger partial charge in [0.2, 0.25) is 5.91 Å².